The number of benzene rings is 1. The highest BCUT2D eigenvalue weighted by Gasteiger charge is 2.48. The Morgan fingerprint density at radius 2 is 1.95 bits per heavy atom. The van der Waals surface area contributed by atoms with E-state index in [1.54, 1.807) is 12.3 Å². The summed E-state index contributed by atoms with van der Waals surface area (Å²) in [6.45, 7) is 0.990. The maximum Gasteiger partial charge on any atom is 0.223 e. The maximum absolute atomic E-state index is 13.6. The van der Waals surface area contributed by atoms with Gasteiger partial charge in [-0.25, -0.2) is 22.4 Å². The summed E-state index contributed by atoms with van der Waals surface area (Å²) in [4.78, 5) is 3.07. The van der Waals surface area contributed by atoms with E-state index in [4.69, 9.17) is 0 Å². The van der Waals surface area contributed by atoms with Crippen LogP contribution in [-0.4, -0.2) is 44.9 Å². The lowest BCUT2D eigenvalue weighted by Crippen LogP contribution is -2.48. The zero-order valence-corrected chi connectivity index (χ0v) is 13.5. The molecule has 2 aromatic rings. The number of hydrogen-bond acceptors (Lipinski definition) is 2. The number of fused-ring (bicyclic) bond motifs is 1. The van der Waals surface area contributed by atoms with Crippen molar-refractivity contribution in [3.63, 3.8) is 0 Å². The van der Waals surface area contributed by atoms with E-state index in [1.807, 2.05) is 0 Å². The van der Waals surface area contributed by atoms with E-state index in [0.29, 0.717) is 36.9 Å². The van der Waals surface area contributed by atoms with Crippen LogP contribution in [0.3, 0.4) is 0 Å². The molecule has 5 nitrogen and oxygen atoms in total. The topological polar surface area (TPSA) is 67.3 Å². The molecule has 1 saturated heterocycles. The zero-order valence-electron chi connectivity index (χ0n) is 12.6. The van der Waals surface area contributed by atoms with Crippen molar-refractivity contribution in [2.24, 2.45) is 0 Å². The van der Waals surface area contributed by atoms with Crippen molar-refractivity contribution in [2.75, 3.05) is 27.2 Å². The fourth-order valence-corrected chi connectivity index (χ4v) is 5.09. The lowest BCUT2D eigenvalue weighted by molar-refractivity contribution is 0.370. The first-order chi connectivity index (χ1) is 10.4. The van der Waals surface area contributed by atoms with Gasteiger partial charge >= 0.3 is 0 Å². The first-order valence-corrected chi connectivity index (χ1v) is 8.65. The fraction of sp³-hybridized carbons (Fsp3) is 0.467. The number of rotatable bonds is 3. The van der Waals surface area contributed by atoms with Crippen molar-refractivity contribution in [3.8, 4) is 0 Å². The molecule has 0 spiro atoms. The van der Waals surface area contributed by atoms with E-state index in [2.05, 4.69) is 10.3 Å². The molecule has 1 aliphatic rings. The third kappa shape index (κ3) is 2.15. The number of halogens is 1. The van der Waals surface area contributed by atoms with E-state index < -0.39 is 14.8 Å². The molecule has 1 radical (unpaired) electrons. The molecule has 0 unspecified atom stereocenters. The van der Waals surface area contributed by atoms with E-state index in [0.717, 1.165) is 5.52 Å². The third-order valence-corrected chi connectivity index (χ3v) is 7.03. The molecule has 1 N–H and O–H groups in total. The summed E-state index contributed by atoms with van der Waals surface area (Å²) < 4.78 is 39.9. The third-order valence-electron chi connectivity index (χ3n) is 4.46. The van der Waals surface area contributed by atoms with Crippen molar-refractivity contribution in [2.45, 2.75) is 17.6 Å². The minimum Gasteiger partial charge on any atom is -0.361 e. The Kier molecular flexibility index (Phi) is 3.74. The Morgan fingerprint density at radius 1 is 1.27 bits per heavy atom. The minimum absolute atomic E-state index is 0.369. The molecule has 0 bridgehead atoms. The highest BCUT2D eigenvalue weighted by molar-refractivity contribution is 7.90. The van der Waals surface area contributed by atoms with Gasteiger partial charge in [-0.05, 0) is 31.0 Å². The van der Waals surface area contributed by atoms with Crippen LogP contribution >= 0.6 is 0 Å². The molecule has 0 aliphatic carbocycles. The summed E-state index contributed by atoms with van der Waals surface area (Å²) in [6, 6.07) is 4.41. The number of nitrogens with zero attached hydrogens (tertiary/aromatic N) is 2. The standard InChI is InChI=1S/C15H19FN3O2S/c1-19(2)22(20,21)15(5-7-17-8-6-15)13-10-18-14-4-3-11(16)9-12(13)14/h3-4,9-10,18H,5-8H2,1-2H3. The first kappa shape index (κ1) is 15.5. The van der Waals surface area contributed by atoms with Crippen LogP contribution in [-0.2, 0) is 14.8 Å². The van der Waals surface area contributed by atoms with Crippen molar-refractivity contribution >= 4 is 20.9 Å². The van der Waals surface area contributed by atoms with Gasteiger partial charge in [0.2, 0.25) is 10.0 Å². The van der Waals surface area contributed by atoms with Gasteiger partial charge in [0.05, 0.1) is 0 Å². The van der Waals surface area contributed by atoms with Crippen molar-refractivity contribution in [1.29, 1.82) is 0 Å². The molecule has 119 valence electrons. The number of aromatic nitrogens is 1. The van der Waals surface area contributed by atoms with E-state index >= 15 is 0 Å². The molecule has 0 saturated carbocycles. The predicted molar refractivity (Wildman–Crippen MR) is 83.6 cm³/mol. The van der Waals surface area contributed by atoms with Gasteiger partial charge in [0, 0.05) is 49.8 Å². The van der Waals surface area contributed by atoms with Gasteiger partial charge in [0.15, 0.2) is 0 Å². The summed E-state index contributed by atoms with van der Waals surface area (Å²) in [7, 11) is -0.478. The molecular weight excluding hydrogens is 305 g/mol. The Bertz CT molecular complexity index is 792. The number of H-pyrrole nitrogens is 1. The highest BCUT2D eigenvalue weighted by atomic mass is 32.2. The SMILES string of the molecule is CN(C)S(=O)(=O)C1(c2c[nH]c3ccc(F)cc23)CC[N]CC1. The monoisotopic (exact) mass is 324 g/mol. The van der Waals surface area contributed by atoms with Crippen molar-refractivity contribution in [3.05, 3.63) is 35.8 Å². The minimum atomic E-state index is -3.56. The van der Waals surface area contributed by atoms with Gasteiger partial charge in [-0.1, -0.05) is 0 Å². The maximum atomic E-state index is 13.6. The second kappa shape index (κ2) is 5.33. The quantitative estimate of drug-likeness (QED) is 0.935. The van der Waals surface area contributed by atoms with Crippen LogP contribution in [0.25, 0.3) is 10.9 Å². The molecule has 7 heteroatoms. The predicted octanol–water partition coefficient (Wildman–Crippen LogP) is 1.79. The molecule has 3 rings (SSSR count). The average Bonchev–Trinajstić information content (AvgIpc) is 2.91. The van der Waals surface area contributed by atoms with Gasteiger partial charge in [-0.3, -0.25) is 0 Å². The molecule has 1 aliphatic heterocycles. The van der Waals surface area contributed by atoms with Crippen LogP contribution in [0.5, 0.6) is 0 Å². The van der Waals surface area contributed by atoms with Gasteiger partial charge in [-0.2, -0.15) is 0 Å². The number of aromatic amines is 1. The van der Waals surface area contributed by atoms with Crippen LogP contribution in [0.4, 0.5) is 4.39 Å². The van der Waals surface area contributed by atoms with Gasteiger partial charge in [0.25, 0.3) is 0 Å². The largest absolute Gasteiger partial charge is 0.361 e. The molecule has 1 fully saturated rings. The second-order valence-corrected chi connectivity index (χ2v) is 8.31. The fourth-order valence-electron chi connectivity index (χ4n) is 3.24. The van der Waals surface area contributed by atoms with E-state index in [9.17, 15) is 12.8 Å². The van der Waals surface area contributed by atoms with E-state index in [-0.39, 0.29) is 5.82 Å². The summed E-state index contributed by atoms with van der Waals surface area (Å²) in [6.07, 6.45) is 2.53. The summed E-state index contributed by atoms with van der Waals surface area (Å²) in [5.74, 6) is -0.369. The van der Waals surface area contributed by atoms with Crippen LogP contribution in [0.2, 0.25) is 0 Å². The lowest BCUT2D eigenvalue weighted by Gasteiger charge is -2.38. The molecule has 2 heterocycles. The van der Waals surface area contributed by atoms with Gasteiger partial charge < -0.3 is 4.98 Å². The Balaban J connectivity index is 2.27. The van der Waals surface area contributed by atoms with Crippen molar-refractivity contribution in [1.82, 2.24) is 14.6 Å². The number of hydrogen-bond donors (Lipinski definition) is 1. The molecule has 22 heavy (non-hydrogen) atoms. The summed E-state index contributed by atoms with van der Waals surface area (Å²) >= 11 is 0. The molecule has 0 atom stereocenters. The van der Waals surface area contributed by atoms with Crippen LogP contribution in [0.15, 0.2) is 24.4 Å². The summed E-state index contributed by atoms with van der Waals surface area (Å²) in [5, 5.41) is 4.92. The van der Waals surface area contributed by atoms with Gasteiger partial charge in [-0.15, -0.1) is 0 Å². The zero-order chi connectivity index (χ0) is 16.0. The normalized spacial score (nSPS) is 18.9. The average molecular weight is 324 g/mol. The number of piperidine rings is 1. The molecule has 1 aromatic carbocycles. The first-order valence-electron chi connectivity index (χ1n) is 7.21. The smallest absolute Gasteiger partial charge is 0.223 e. The van der Waals surface area contributed by atoms with Gasteiger partial charge in [0.1, 0.15) is 10.6 Å². The second-order valence-electron chi connectivity index (χ2n) is 5.84. The van der Waals surface area contributed by atoms with Crippen LogP contribution in [0.1, 0.15) is 18.4 Å². The Labute approximate surface area is 129 Å². The molecule has 1 aromatic heterocycles. The van der Waals surface area contributed by atoms with Crippen LogP contribution < -0.4 is 5.32 Å². The Morgan fingerprint density at radius 3 is 2.59 bits per heavy atom. The number of sulfonamides is 1. The van der Waals surface area contributed by atoms with Crippen molar-refractivity contribution < 1.29 is 12.8 Å². The lowest BCUT2D eigenvalue weighted by atomic mass is 9.89. The number of nitrogens with one attached hydrogen (secondary N) is 1. The highest BCUT2D eigenvalue weighted by Crippen LogP contribution is 2.43. The van der Waals surface area contributed by atoms with E-state index in [1.165, 1.54) is 30.5 Å². The molecular formula is C15H19FN3O2S. The summed E-state index contributed by atoms with van der Waals surface area (Å²) in [5.41, 5.74) is 1.39. The Hall–Kier alpha value is -1.44. The molecule has 0 amide bonds. The van der Waals surface area contributed by atoms with Crippen LogP contribution in [0, 0.1) is 5.82 Å².